The van der Waals surface area contributed by atoms with Crippen LogP contribution in [-0.2, 0) is 0 Å². The molecule has 0 unspecified atom stereocenters. The molecule has 0 heterocycles. The predicted molar refractivity (Wildman–Crippen MR) is 198 cm³/mol. The van der Waals surface area contributed by atoms with Crippen LogP contribution in [0.4, 0.5) is 0 Å². The first-order valence-corrected chi connectivity index (χ1v) is 13.5. The molecule has 0 aromatic heterocycles. The van der Waals surface area contributed by atoms with Gasteiger partial charge in [-0.25, -0.2) is 0 Å². The van der Waals surface area contributed by atoms with E-state index in [1.165, 1.54) is 0 Å². The molecule has 46 heavy (non-hydrogen) atoms. The van der Waals surface area contributed by atoms with E-state index in [0.717, 1.165) is 0 Å². The Balaban J connectivity index is 1.73. The lowest BCUT2D eigenvalue weighted by atomic mass is 9.83. The summed E-state index contributed by atoms with van der Waals surface area (Å²) < 4.78 is 271. The Bertz CT molecular complexity index is 4220. The van der Waals surface area contributed by atoms with Gasteiger partial charge in [0, 0.05) is 0 Å². The maximum Gasteiger partial charge on any atom is 0.0636 e. The van der Waals surface area contributed by atoms with Gasteiger partial charge >= 0.3 is 0 Å². The topological polar surface area (TPSA) is 0 Å². The molecule has 0 aliphatic rings. The van der Waals surface area contributed by atoms with Crippen molar-refractivity contribution in [2.75, 3.05) is 0 Å². The van der Waals surface area contributed by atoms with E-state index < -0.39 is 269 Å². The summed E-state index contributed by atoms with van der Waals surface area (Å²) in [7, 11) is 0. The van der Waals surface area contributed by atoms with Crippen LogP contribution in [0.5, 0.6) is 0 Å². The van der Waals surface area contributed by atoms with Crippen molar-refractivity contribution >= 4 is 43.1 Å². The third kappa shape index (κ3) is 4.38. The molecule has 214 valence electrons. The summed E-state index contributed by atoms with van der Waals surface area (Å²) in [5.74, 6) is 0. The molecule has 0 aliphatic heterocycles. The lowest BCUT2D eigenvalue weighted by Crippen LogP contribution is -1.93. The van der Waals surface area contributed by atoms with Gasteiger partial charge in [0.2, 0.25) is 0 Å². The smallest absolute Gasteiger partial charge is 0.0622 e. The summed E-state index contributed by atoms with van der Waals surface area (Å²) in [4.78, 5) is 0. The van der Waals surface area contributed by atoms with Crippen molar-refractivity contribution < 1.29 is 41.1 Å². The van der Waals surface area contributed by atoms with Gasteiger partial charge in [-0.3, -0.25) is 0 Å². The van der Waals surface area contributed by atoms with Crippen LogP contribution in [0.1, 0.15) is 41.1 Å². The van der Waals surface area contributed by atoms with E-state index >= 15 is 0 Å². The number of benzene rings is 9. The van der Waals surface area contributed by atoms with E-state index in [9.17, 15) is 16.4 Å². The van der Waals surface area contributed by atoms with Crippen LogP contribution in [0.2, 0.25) is 0 Å². The van der Waals surface area contributed by atoms with Crippen molar-refractivity contribution in [2.24, 2.45) is 0 Å². The molecule has 0 nitrogen and oxygen atoms in total. The van der Waals surface area contributed by atoms with Gasteiger partial charge in [-0.15, -0.1) is 0 Å². The molecule has 0 bridgehead atoms. The Hall–Kier alpha value is -5.98. The fourth-order valence-electron chi connectivity index (χ4n) is 5.25. The molecule has 0 fully saturated rings. The zero-order valence-corrected chi connectivity index (χ0v) is 23.0. The molecule has 0 amide bonds. The second kappa shape index (κ2) is 10.9. The molecule has 0 atom stereocenters. The minimum atomic E-state index is -1.19. The van der Waals surface area contributed by atoms with Crippen molar-refractivity contribution in [2.45, 2.75) is 0 Å². The van der Waals surface area contributed by atoms with Gasteiger partial charge in [0.05, 0.1) is 41.1 Å². The van der Waals surface area contributed by atoms with Crippen LogP contribution in [0.25, 0.3) is 87.6 Å². The van der Waals surface area contributed by atoms with Gasteiger partial charge in [-0.2, -0.15) is 0 Å². The minimum Gasteiger partial charge on any atom is -0.0622 e. The molecular weight excluding hydrogens is 553 g/mol. The van der Waals surface area contributed by atoms with Crippen LogP contribution in [0.3, 0.4) is 0 Å². The van der Waals surface area contributed by atoms with E-state index in [4.69, 9.17) is 24.7 Å². The van der Waals surface area contributed by atoms with Crippen LogP contribution in [-0.4, -0.2) is 0 Å². The van der Waals surface area contributed by atoms with Crippen molar-refractivity contribution in [1.29, 1.82) is 0 Å². The Morgan fingerprint density at radius 1 is 0.261 bits per heavy atom. The van der Waals surface area contributed by atoms with Gasteiger partial charge in [-0.05, 0) is 112 Å². The monoisotopic (exact) mass is 612 g/mol. The fourth-order valence-corrected chi connectivity index (χ4v) is 5.25. The van der Waals surface area contributed by atoms with Gasteiger partial charge in [0.15, 0.2) is 0 Å². The second-order valence-electron chi connectivity index (χ2n) is 9.75. The first kappa shape index (κ1) is 10.0. The molecule has 9 aromatic carbocycles. The van der Waals surface area contributed by atoms with Crippen LogP contribution in [0, 0.1) is 0 Å². The lowest BCUT2D eigenvalue weighted by molar-refractivity contribution is 1.63. The molecule has 0 N–H and O–H groups in total. The van der Waals surface area contributed by atoms with Crippen LogP contribution < -0.4 is 0 Å². The zero-order chi connectivity index (χ0) is 56.6. The third-order valence-corrected chi connectivity index (χ3v) is 7.19. The van der Waals surface area contributed by atoms with E-state index in [0.29, 0.717) is 0 Å². The summed E-state index contributed by atoms with van der Waals surface area (Å²) in [6.07, 6.45) is 0. The number of hydrogen-bond acceptors (Lipinski definition) is 0. The Kier molecular flexibility index (Phi) is 2.37. The minimum absolute atomic E-state index is 0.619. The summed E-state index contributed by atoms with van der Waals surface area (Å²) in [5.41, 5.74) is -7.18. The summed E-state index contributed by atoms with van der Waals surface area (Å²) in [6.45, 7) is 0. The Morgan fingerprint density at radius 3 is 1.54 bits per heavy atom. The van der Waals surface area contributed by atoms with Crippen LogP contribution >= 0.6 is 0 Å². The normalized spacial score (nSPS) is 20.6. The molecule has 0 saturated heterocycles. The van der Waals surface area contributed by atoms with E-state index in [1.807, 2.05) is 0 Å². The molecule has 9 aromatic rings. The average Bonchev–Trinajstić information content (AvgIpc) is 3.41. The number of fused-ring (bicyclic) bond motifs is 4. The van der Waals surface area contributed by atoms with Crippen molar-refractivity contribution in [3.05, 3.63) is 181 Å². The highest BCUT2D eigenvalue weighted by molar-refractivity contribution is 6.24. The molecule has 0 aliphatic carbocycles. The van der Waals surface area contributed by atoms with Crippen molar-refractivity contribution in [3.63, 3.8) is 0 Å². The second-order valence-corrected chi connectivity index (χ2v) is 9.75. The lowest BCUT2D eigenvalue weighted by Gasteiger charge is -2.20. The largest absolute Gasteiger partial charge is 0.0636 e. The highest BCUT2D eigenvalue weighted by Gasteiger charge is 2.19. The van der Waals surface area contributed by atoms with Crippen molar-refractivity contribution in [1.82, 2.24) is 0 Å². The maximum absolute atomic E-state index is 10.1. The number of hydrogen-bond donors (Lipinski definition) is 0. The molecule has 0 saturated carbocycles. The Labute approximate surface area is 311 Å². The summed E-state index contributed by atoms with van der Waals surface area (Å²) in [5, 5.41) is -6.45. The fraction of sp³-hybridized carbons (Fsp3) is 0. The van der Waals surface area contributed by atoms with Crippen molar-refractivity contribution in [3.8, 4) is 44.5 Å². The Morgan fingerprint density at radius 2 is 0.783 bits per heavy atom. The SMILES string of the molecule is [2H]c1c([2H])c([2H])c(-c2c([2H])c(-c3c4c([2H])c([2H])c([2H])c([2H])c4c(-c4c([2H])c([2H])c([2H])c([2H])c4[2H])c4c([2H])c(-c5c([2H])c([2H])c6c([2H])c([2H])c([2H])c([2H])c6c5[2H])c([2H])c([2H])c34)c3c([2H])c([2H])c([2H])c([2H])c3c2[2H])c([2H])c1[2H]. The average molecular weight is 613 g/mol. The zero-order valence-electron chi connectivity index (χ0n) is 53.0. The maximum atomic E-state index is 10.1. The highest BCUT2D eigenvalue weighted by Crippen LogP contribution is 2.47. The third-order valence-electron chi connectivity index (χ3n) is 7.19. The standard InChI is InChI=1S/C46H30/c1-3-13-31(14-4-1)38-28-37-19-9-10-20-39(37)43(30-38)46-41-22-12-11-21-40(41)45(33-16-5-2-6-17-33)44-29-36(25-26-42(44)46)35-24-23-32-15-7-8-18-34(32)27-35/h1-30H/i1D,2D,3D,4D,5D,6D,7D,8D,9D,10D,11D,12D,13D,14D,15D,16D,17D,18D,19D,20D,21D,22D,23D,24D,25D,26D,27D,28D,29D,30D. The molecule has 0 spiro atoms. The van der Waals surface area contributed by atoms with Gasteiger partial charge in [-0.1, -0.05) is 157 Å². The predicted octanol–water partition coefficient (Wildman–Crippen LogP) is 13.0. The van der Waals surface area contributed by atoms with E-state index in [-0.39, 0.29) is 0 Å². The van der Waals surface area contributed by atoms with Crippen LogP contribution in [0.15, 0.2) is 181 Å². The molecule has 0 radical (unpaired) electrons. The van der Waals surface area contributed by atoms with Gasteiger partial charge in [0.1, 0.15) is 0 Å². The molecule has 0 heteroatoms. The summed E-state index contributed by atoms with van der Waals surface area (Å²) >= 11 is 0. The highest BCUT2D eigenvalue weighted by atomic mass is 14.2. The first-order valence-electron chi connectivity index (χ1n) is 28.5. The molecular formula is C46H30. The van der Waals surface area contributed by atoms with Gasteiger partial charge in [0.25, 0.3) is 0 Å². The van der Waals surface area contributed by atoms with E-state index in [1.54, 1.807) is 0 Å². The summed E-state index contributed by atoms with van der Waals surface area (Å²) in [6, 6.07) is -30.6. The quantitative estimate of drug-likeness (QED) is 0.173. The first-order chi connectivity index (χ1) is 35.3. The molecule has 9 rings (SSSR count). The number of rotatable bonds is 4. The van der Waals surface area contributed by atoms with Gasteiger partial charge < -0.3 is 0 Å². The van der Waals surface area contributed by atoms with E-state index in [2.05, 4.69) is 0 Å².